The van der Waals surface area contributed by atoms with Crippen LogP contribution in [0.4, 0.5) is 5.82 Å². The van der Waals surface area contributed by atoms with E-state index in [0.29, 0.717) is 0 Å². The molecule has 0 atom stereocenters. The van der Waals surface area contributed by atoms with Gasteiger partial charge < -0.3 is 4.90 Å². The number of piperazine rings is 1. The lowest BCUT2D eigenvalue weighted by Crippen LogP contribution is -2.46. The molecule has 6 heteroatoms. The third kappa shape index (κ3) is 2.66. The first-order valence-corrected chi connectivity index (χ1v) is 8.89. The lowest BCUT2D eigenvalue weighted by atomic mass is 10.2. The van der Waals surface area contributed by atoms with E-state index in [4.69, 9.17) is 0 Å². The van der Waals surface area contributed by atoms with E-state index in [1.165, 1.54) is 10.9 Å². The summed E-state index contributed by atoms with van der Waals surface area (Å²) in [5, 5.41) is 7.68. The highest BCUT2D eigenvalue weighted by Gasteiger charge is 2.20. The fourth-order valence-corrected chi connectivity index (χ4v) is 4.17. The minimum Gasteiger partial charge on any atom is -0.353 e. The summed E-state index contributed by atoms with van der Waals surface area (Å²) in [7, 11) is 0. The fraction of sp³-hybridized carbons (Fsp3) is 0.333. The molecule has 0 amide bonds. The number of hydrogen-bond acceptors (Lipinski definition) is 6. The number of rotatable bonds is 3. The summed E-state index contributed by atoms with van der Waals surface area (Å²) >= 11 is 3.46. The second-order valence-corrected chi connectivity index (χ2v) is 6.91. The Morgan fingerprint density at radius 2 is 1.95 bits per heavy atom. The van der Waals surface area contributed by atoms with Crippen molar-refractivity contribution < 1.29 is 0 Å². The van der Waals surface area contributed by atoms with E-state index in [9.17, 15) is 0 Å². The van der Waals surface area contributed by atoms with E-state index < -0.39 is 0 Å². The third-order valence-corrected chi connectivity index (χ3v) is 5.45. The summed E-state index contributed by atoms with van der Waals surface area (Å²) < 4.78 is 0. The number of nitrogens with zero attached hydrogens (tertiary/aromatic N) is 4. The van der Waals surface area contributed by atoms with Crippen LogP contribution in [0.1, 0.15) is 5.56 Å². The van der Waals surface area contributed by atoms with E-state index in [0.717, 1.165) is 43.4 Å². The first kappa shape index (κ1) is 13.2. The molecule has 21 heavy (non-hydrogen) atoms. The van der Waals surface area contributed by atoms with Crippen molar-refractivity contribution >= 4 is 38.7 Å². The summed E-state index contributed by atoms with van der Waals surface area (Å²) in [6, 6.07) is 4.35. The quantitative estimate of drug-likeness (QED) is 0.743. The second kappa shape index (κ2) is 5.71. The average Bonchev–Trinajstić information content (AvgIpc) is 3.18. The van der Waals surface area contributed by atoms with Gasteiger partial charge in [-0.05, 0) is 33.8 Å². The Hall–Kier alpha value is -1.50. The van der Waals surface area contributed by atoms with Gasteiger partial charge in [-0.15, -0.1) is 11.3 Å². The molecular formula is C15H16N4S2. The molecule has 0 spiro atoms. The Balaban J connectivity index is 1.46. The highest BCUT2D eigenvalue weighted by molar-refractivity contribution is 7.16. The minimum absolute atomic E-state index is 1.03. The van der Waals surface area contributed by atoms with Crippen LogP contribution < -0.4 is 4.90 Å². The SMILES string of the molecule is c1nc(N2CCN(Cc3ccsc3)CC2)c2ccsc2n1. The van der Waals surface area contributed by atoms with Crippen LogP contribution in [0.5, 0.6) is 0 Å². The molecule has 3 aromatic heterocycles. The van der Waals surface area contributed by atoms with Crippen molar-refractivity contribution in [3.8, 4) is 0 Å². The van der Waals surface area contributed by atoms with Crippen molar-refractivity contribution in [2.75, 3.05) is 31.1 Å². The summed E-state index contributed by atoms with van der Waals surface area (Å²) in [6.45, 7) is 5.31. The van der Waals surface area contributed by atoms with Crippen LogP contribution in [0.25, 0.3) is 10.2 Å². The molecule has 108 valence electrons. The number of fused-ring (bicyclic) bond motifs is 1. The Kier molecular flexibility index (Phi) is 3.58. The van der Waals surface area contributed by atoms with E-state index in [2.05, 4.69) is 48.0 Å². The Morgan fingerprint density at radius 3 is 2.76 bits per heavy atom. The highest BCUT2D eigenvalue weighted by Crippen LogP contribution is 2.27. The zero-order valence-corrected chi connectivity index (χ0v) is 13.2. The summed E-state index contributed by atoms with van der Waals surface area (Å²) in [4.78, 5) is 14.8. The number of anilines is 1. The zero-order valence-electron chi connectivity index (χ0n) is 11.6. The second-order valence-electron chi connectivity index (χ2n) is 5.23. The minimum atomic E-state index is 1.03. The molecule has 0 radical (unpaired) electrons. The van der Waals surface area contributed by atoms with E-state index in [1.807, 2.05) is 0 Å². The van der Waals surface area contributed by atoms with Crippen molar-refractivity contribution in [2.45, 2.75) is 6.54 Å². The highest BCUT2D eigenvalue weighted by atomic mass is 32.1. The van der Waals surface area contributed by atoms with Crippen molar-refractivity contribution in [1.82, 2.24) is 14.9 Å². The van der Waals surface area contributed by atoms with Crippen LogP contribution in [-0.2, 0) is 6.54 Å². The van der Waals surface area contributed by atoms with Crippen LogP contribution in [-0.4, -0.2) is 41.0 Å². The first-order chi connectivity index (χ1) is 10.4. The van der Waals surface area contributed by atoms with Gasteiger partial charge in [0.05, 0.1) is 5.39 Å². The molecule has 1 saturated heterocycles. The van der Waals surface area contributed by atoms with Gasteiger partial charge in [0.2, 0.25) is 0 Å². The third-order valence-electron chi connectivity index (χ3n) is 3.90. The first-order valence-electron chi connectivity index (χ1n) is 7.07. The molecule has 1 aliphatic rings. The van der Waals surface area contributed by atoms with Crippen LogP contribution in [0.15, 0.2) is 34.6 Å². The maximum Gasteiger partial charge on any atom is 0.140 e. The van der Waals surface area contributed by atoms with Crippen LogP contribution in [0.3, 0.4) is 0 Å². The maximum absolute atomic E-state index is 4.51. The van der Waals surface area contributed by atoms with E-state index >= 15 is 0 Å². The van der Waals surface area contributed by atoms with E-state index in [-0.39, 0.29) is 0 Å². The predicted octanol–water partition coefficient (Wildman–Crippen LogP) is 3.08. The summed E-state index contributed by atoms with van der Waals surface area (Å²) in [5.41, 5.74) is 1.43. The monoisotopic (exact) mass is 316 g/mol. The van der Waals surface area contributed by atoms with Gasteiger partial charge in [-0.25, -0.2) is 9.97 Å². The van der Waals surface area contributed by atoms with Gasteiger partial charge in [0.1, 0.15) is 17.0 Å². The molecule has 3 aromatic rings. The average molecular weight is 316 g/mol. The predicted molar refractivity (Wildman–Crippen MR) is 89.2 cm³/mol. The lowest BCUT2D eigenvalue weighted by molar-refractivity contribution is 0.250. The van der Waals surface area contributed by atoms with Gasteiger partial charge in [-0.2, -0.15) is 11.3 Å². The molecule has 0 aromatic carbocycles. The van der Waals surface area contributed by atoms with Crippen molar-refractivity contribution in [2.24, 2.45) is 0 Å². The Morgan fingerprint density at radius 1 is 1.05 bits per heavy atom. The molecule has 4 heterocycles. The zero-order chi connectivity index (χ0) is 14.1. The number of aromatic nitrogens is 2. The van der Waals surface area contributed by atoms with Crippen LogP contribution in [0, 0.1) is 0 Å². The molecule has 4 nitrogen and oxygen atoms in total. The van der Waals surface area contributed by atoms with Crippen molar-refractivity contribution in [1.29, 1.82) is 0 Å². The topological polar surface area (TPSA) is 32.3 Å². The largest absolute Gasteiger partial charge is 0.353 e. The molecular weight excluding hydrogens is 300 g/mol. The Bertz CT molecular complexity index is 714. The van der Waals surface area contributed by atoms with Gasteiger partial charge in [0.15, 0.2) is 0 Å². The molecule has 0 saturated carbocycles. The van der Waals surface area contributed by atoms with Crippen molar-refractivity contribution in [3.63, 3.8) is 0 Å². The molecule has 4 rings (SSSR count). The molecule has 0 bridgehead atoms. The smallest absolute Gasteiger partial charge is 0.140 e. The van der Waals surface area contributed by atoms with Gasteiger partial charge in [0, 0.05) is 32.7 Å². The number of thiophene rings is 2. The molecule has 0 unspecified atom stereocenters. The normalized spacial score (nSPS) is 16.7. The molecule has 1 fully saturated rings. The van der Waals surface area contributed by atoms with Gasteiger partial charge in [0.25, 0.3) is 0 Å². The van der Waals surface area contributed by atoms with Gasteiger partial charge >= 0.3 is 0 Å². The molecule has 0 N–H and O–H groups in total. The molecule has 1 aliphatic heterocycles. The Labute approximate surface area is 131 Å². The van der Waals surface area contributed by atoms with Crippen LogP contribution >= 0.6 is 22.7 Å². The fourth-order valence-electron chi connectivity index (χ4n) is 2.79. The summed E-state index contributed by atoms with van der Waals surface area (Å²) in [6.07, 6.45) is 1.69. The molecule has 0 aliphatic carbocycles. The lowest BCUT2D eigenvalue weighted by Gasteiger charge is -2.35. The van der Waals surface area contributed by atoms with E-state index in [1.54, 1.807) is 29.0 Å². The standard InChI is InChI=1S/C15H16N4S2/c1-7-20-10-12(1)9-18-3-5-19(6-4-18)14-13-2-8-21-15(13)17-11-16-14/h1-2,7-8,10-11H,3-6,9H2. The maximum atomic E-state index is 4.51. The summed E-state index contributed by atoms with van der Waals surface area (Å²) in [5.74, 6) is 1.09. The number of hydrogen-bond donors (Lipinski definition) is 0. The van der Waals surface area contributed by atoms with Crippen LogP contribution in [0.2, 0.25) is 0 Å². The van der Waals surface area contributed by atoms with Crippen molar-refractivity contribution in [3.05, 3.63) is 40.2 Å². The van der Waals surface area contributed by atoms with Gasteiger partial charge in [-0.3, -0.25) is 4.90 Å². The van der Waals surface area contributed by atoms with Gasteiger partial charge in [-0.1, -0.05) is 0 Å².